The minimum Gasteiger partial charge on any atom is -0.382 e. The van der Waals surface area contributed by atoms with Crippen molar-refractivity contribution >= 4 is 17.2 Å². The van der Waals surface area contributed by atoms with Crippen LogP contribution in [-0.4, -0.2) is 37.8 Å². The van der Waals surface area contributed by atoms with Crippen molar-refractivity contribution in [3.63, 3.8) is 0 Å². The van der Waals surface area contributed by atoms with Crippen LogP contribution >= 0.6 is 11.3 Å². The zero-order chi connectivity index (χ0) is 19.8. The topological polar surface area (TPSA) is 60.5 Å². The van der Waals surface area contributed by atoms with E-state index in [0.29, 0.717) is 19.8 Å². The van der Waals surface area contributed by atoms with Gasteiger partial charge in [0.05, 0.1) is 18.9 Å². The molecule has 2 aromatic carbocycles. The van der Waals surface area contributed by atoms with E-state index in [0.717, 1.165) is 27.4 Å². The van der Waals surface area contributed by atoms with E-state index in [1.165, 1.54) is 5.56 Å². The molecule has 1 heterocycles. The summed E-state index contributed by atoms with van der Waals surface area (Å²) in [4.78, 5) is 16.5. The number of thiazole rings is 1. The van der Waals surface area contributed by atoms with E-state index in [9.17, 15) is 4.79 Å². The molecule has 5 nitrogen and oxygen atoms in total. The highest BCUT2D eigenvalue weighted by Crippen LogP contribution is 2.29. The fourth-order valence-corrected chi connectivity index (χ4v) is 3.42. The predicted molar refractivity (Wildman–Crippen MR) is 112 cm³/mol. The molecule has 0 radical (unpaired) electrons. The minimum absolute atomic E-state index is 0.0440. The van der Waals surface area contributed by atoms with Gasteiger partial charge in [-0.25, -0.2) is 4.98 Å². The Morgan fingerprint density at radius 3 is 2.46 bits per heavy atom. The number of methoxy groups -OCH3 is 1. The van der Waals surface area contributed by atoms with Gasteiger partial charge in [-0.1, -0.05) is 54.1 Å². The molecule has 0 bridgehead atoms. The van der Waals surface area contributed by atoms with E-state index in [-0.39, 0.29) is 12.5 Å². The van der Waals surface area contributed by atoms with Gasteiger partial charge in [0.15, 0.2) is 0 Å². The van der Waals surface area contributed by atoms with Gasteiger partial charge < -0.3 is 14.8 Å². The molecule has 0 fully saturated rings. The molecule has 1 N–H and O–H groups in total. The maximum absolute atomic E-state index is 11.7. The van der Waals surface area contributed by atoms with E-state index in [1.54, 1.807) is 18.4 Å². The maximum atomic E-state index is 11.7. The Bertz CT molecular complexity index is 889. The van der Waals surface area contributed by atoms with Crippen LogP contribution in [0.25, 0.3) is 21.8 Å². The van der Waals surface area contributed by atoms with Crippen molar-refractivity contribution in [3.05, 3.63) is 65.0 Å². The number of hydrogen-bond acceptors (Lipinski definition) is 5. The van der Waals surface area contributed by atoms with Gasteiger partial charge in [-0.15, -0.1) is 11.3 Å². The summed E-state index contributed by atoms with van der Waals surface area (Å²) in [5.41, 5.74) is 5.46. The van der Waals surface area contributed by atoms with Crippen molar-refractivity contribution in [1.82, 2.24) is 10.3 Å². The molecule has 0 saturated heterocycles. The van der Waals surface area contributed by atoms with Gasteiger partial charge in [0.2, 0.25) is 5.91 Å². The molecule has 0 saturated carbocycles. The Kier molecular flexibility index (Phi) is 7.31. The van der Waals surface area contributed by atoms with Gasteiger partial charge in [0.25, 0.3) is 0 Å². The Hall–Kier alpha value is -2.54. The molecule has 6 heteroatoms. The van der Waals surface area contributed by atoms with Crippen LogP contribution in [0.15, 0.2) is 53.9 Å². The predicted octanol–water partition coefficient (Wildman–Crippen LogP) is 4.06. The molecule has 0 spiro atoms. The second-order valence-corrected chi connectivity index (χ2v) is 7.28. The average Bonchev–Trinajstić information content (AvgIpc) is 3.21. The lowest BCUT2D eigenvalue weighted by Gasteiger charge is -2.07. The van der Waals surface area contributed by atoms with Gasteiger partial charge >= 0.3 is 0 Å². The van der Waals surface area contributed by atoms with E-state index in [2.05, 4.69) is 41.9 Å². The first-order chi connectivity index (χ1) is 13.7. The number of amides is 1. The molecule has 0 atom stereocenters. The van der Waals surface area contributed by atoms with Gasteiger partial charge in [0.1, 0.15) is 11.6 Å². The molecule has 146 valence electrons. The quantitative estimate of drug-likeness (QED) is 0.554. The molecule has 0 aliphatic carbocycles. The largest absolute Gasteiger partial charge is 0.382 e. The highest BCUT2D eigenvalue weighted by molar-refractivity contribution is 7.13. The third kappa shape index (κ3) is 5.73. The summed E-state index contributed by atoms with van der Waals surface area (Å²) in [6.45, 7) is 3.49. The monoisotopic (exact) mass is 396 g/mol. The van der Waals surface area contributed by atoms with Crippen LogP contribution in [-0.2, 0) is 20.8 Å². The van der Waals surface area contributed by atoms with Crippen LogP contribution in [0.5, 0.6) is 0 Å². The van der Waals surface area contributed by atoms with Crippen LogP contribution in [0.2, 0.25) is 0 Å². The smallest absolute Gasteiger partial charge is 0.246 e. The van der Waals surface area contributed by atoms with Crippen LogP contribution < -0.4 is 5.32 Å². The zero-order valence-electron chi connectivity index (χ0n) is 16.1. The normalized spacial score (nSPS) is 10.8. The summed E-state index contributed by atoms with van der Waals surface area (Å²) in [6.07, 6.45) is 0. The Morgan fingerprint density at radius 1 is 1.04 bits per heavy atom. The maximum Gasteiger partial charge on any atom is 0.246 e. The number of ether oxygens (including phenoxy) is 2. The molecule has 1 aromatic heterocycles. The number of aryl methyl sites for hydroxylation is 1. The van der Waals surface area contributed by atoms with E-state index in [1.807, 2.05) is 24.3 Å². The first kappa shape index (κ1) is 20.2. The molecule has 0 aliphatic heterocycles. The molecule has 1 amide bonds. The Labute approximate surface area is 169 Å². The molecular weight excluding hydrogens is 372 g/mol. The molecule has 0 unspecified atom stereocenters. The van der Waals surface area contributed by atoms with Gasteiger partial charge in [-0.2, -0.15) is 0 Å². The summed E-state index contributed by atoms with van der Waals surface area (Å²) in [5, 5.41) is 5.91. The van der Waals surface area contributed by atoms with Gasteiger partial charge in [0, 0.05) is 30.2 Å². The number of carbonyl (C=O) groups is 1. The zero-order valence-corrected chi connectivity index (χ0v) is 16.9. The lowest BCUT2D eigenvalue weighted by molar-refractivity contribution is -0.126. The molecule has 28 heavy (non-hydrogen) atoms. The third-order valence-electron chi connectivity index (χ3n) is 4.21. The number of benzene rings is 2. The van der Waals surface area contributed by atoms with Crippen LogP contribution in [0, 0.1) is 6.92 Å². The second kappa shape index (κ2) is 10.1. The number of aromatic nitrogens is 1. The van der Waals surface area contributed by atoms with Crippen LogP contribution in [0.1, 0.15) is 11.1 Å². The number of nitrogens with one attached hydrogen (secondary N) is 1. The van der Waals surface area contributed by atoms with Crippen LogP contribution in [0.3, 0.4) is 0 Å². The summed E-state index contributed by atoms with van der Waals surface area (Å²) in [5.74, 6) is -0.136. The average molecular weight is 397 g/mol. The van der Waals surface area contributed by atoms with Gasteiger partial charge in [-0.05, 0) is 12.5 Å². The van der Waals surface area contributed by atoms with Crippen molar-refractivity contribution in [2.75, 3.05) is 26.9 Å². The highest BCUT2D eigenvalue weighted by Gasteiger charge is 2.07. The molecular formula is C22H24N2O3S. The summed E-state index contributed by atoms with van der Waals surface area (Å²) in [6, 6.07) is 16.5. The Morgan fingerprint density at radius 2 is 1.75 bits per heavy atom. The summed E-state index contributed by atoms with van der Waals surface area (Å²) >= 11 is 1.63. The van der Waals surface area contributed by atoms with E-state index in [4.69, 9.17) is 14.5 Å². The lowest BCUT2D eigenvalue weighted by atomic mass is 10.1. The van der Waals surface area contributed by atoms with Crippen molar-refractivity contribution in [2.45, 2.75) is 13.5 Å². The third-order valence-corrected chi connectivity index (χ3v) is 5.10. The second-order valence-electron chi connectivity index (χ2n) is 6.42. The summed E-state index contributed by atoms with van der Waals surface area (Å²) < 4.78 is 10.1. The first-order valence-corrected chi connectivity index (χ1v) is 9.99. The number of hydrogen-bond donors (Lipinski definition) is 1. The van der Waals surface area contributed by atoms with E-state index >= 15 is 0 Å². The van der Waals surface area contributed by atoms with Crippen molar-refractivity contribution in [2.24, 2.45) is 0 Å². The standard InChI is InChI=1S/C22H24N2O3S/c1-16-3-7-18(8-4-16)20-15-28-22(24-20)19-9-5-17(6-10-19)13-23-21(25)14-27-12-11-26-2/h3-10,15H,11-14H2,1-2H3,(H,23,25). The number of rotatable bonds is 9. The lowest BCUT2D eigenvalue weighted by Crippen LogP contribution is -2.27. The number of carbonyl (C=O) groups excluding carboxylic acids is 1. The summed E-state index contributed by atoms with van der Waals surface area (Å²) in [7, 11) is 1.60. The Balaban J connectivity index is 1.54. The fourth-order valence-electron chi connectivity index (χ4n) is 2.59. The van der Waals surface area contributed by atoms with Crippen molar-refractivity contribution in [3.8, 4) is 21.8 Å². The van der Waals surface area contributed by atoms with Gasteiger partial charge in [-0.3, -0.25) is 4.79 Å². The van der Waals surface area contributed by atoms with E-state index < -0.39 is 0 Å². The van der Waals surface area contributed by atoms with Crippen molar-refractivity contribution < 1.29 is 14.3 Å². The minimum atomic E-state index is -0.136. The highest BCUT2D eigenvalue weighted by atomic mass is 32.1. The van der Waals surface area contributed by atoms with Crippen molar-refractivity contribution in [1.29, 1.82) is 0 Å². The molecule has 0 aliphatic rings. The molecule has 3 rings (SSSR count). The first-order valence-electron chi connectivity index (χ1n) is 9.11. The SMILES string of the molecule is COCCOCC(=O)NCc1ccc(-c2nc(-c3ccc(C)cc3)cs2)cc1. The number of nitrogens with zero attached hydrogens (tertiary/aromatic N) is 1. The molecule has 3 aromatic rings. The van der Waals surface area contributed by atoms with Crippen LogP contribution in [0.4, 0.5) is 0 Å². The fraction of sp³-hybridized carbons (Fsp3) is 0.273.